The second-order valence-corrected chi connectivity index (χ2v) is 8.69. The van der Waals surface area contributed by atoms with Crippen molar-refractivity contribution in [3.05, 3.63) is 47.2 Å². The summed E-state index contributed by atoms with van der Waals surface area (Å²) in [6.45, 7) is 2.81. The van der Waals surface area contributed by atoms with Gasteiger partial charge in [-0.2, -0.15) is 0 Å². The molecule has 1 N–H and O–H groups in total. The maximum absolute atomic E-state index is 12.3. The van der Waals surface area contributed by atoms with Gasteiger partial charge in [-0.25, -0.2) is 9.97 Å². The van der Waals surface area contributed by atoms with Crippen LogP contribution in [0.4, 0.5) is 11.5 Å². The van der Waals surface area contributed by atoms with Gasteiger partial charge in [-0.3, -0.25) is 9.69 Å². The topological polar surface area (TPSA) is 85.8 Å². The van der Waals surface area contributed by atoms with Crippen LogP contribution in [0, 0.1) is 0 Å². The van der Waals surface area contributed by atoms with Crippen molar-refractivity contribution in [1.82, 2.24) is 14.9 Å². The highest BCUT2D eigenvalue weighted by Crippen LogP contribution is 2.37. The third kappa shape index (κ3) is 5.04. The molecular weight excluding hydrogens is 488 g/mol. The molecule has 9 heteroatoms. The molecule has 1 saturated heterocycles. The molecule has 2 heterocycles. The SMILES string of the molecule is CCC(Oc1cc2c(Nc3cccc(Br)c3)ncnc2cc1OC)N1CCCC1C(=O)OC. The smallest absolute Gasteiger partial charge is 0.323 e. The number of halogens is 1. The van der Waals surface area contributed by atoms with Gasteiger partial charge in [-0.15, -0.1) is 0 Å². The summed E-state index contributed by atoms with van der Waals surface area (Å²) in [4.78, 5) is 23.2. The first-order valence-electron chi connectivity index (χ1n) is 10.9. The number of nitrogens with zero attached hydrogens (tertiary/aromatic N) is 3. The highest BCUT2D eigenvalue weighted by Gasteiger charge is 2.37. The molecule has 4 rings (SSSR count). The van der Waals surface area contributed by atoms with E-state index in [9.17, 15) is 4.79 Å². The van der Waals surface area contributed by atoms with Crippen molar-refractivity contribution < 1.29 is 19.0 Å². The number of anilines is 2. The van der Waals surface area contributed by atoms with E-state index in [-0.39, 0.29) is 18.2 Å². The number of esters is 1. The van der Waals surface area contributed by atoms with E-state index in [1.165, 1.54) is 13.4 Å². The number of hydrogen-bond acceptors (Lipinski definition) is 8. The molecule has 0 spiro atoms. The number of nitrogens with one attached hydrogen (secondary N) is 1. The summed E-state index contributed by atoms with van der Waals surface area (Å²) >= 11 is 3.50. The number of fused-ring (bicyclic) bond motifs is 1. The molecule has 2 unspecified atom stereocenters. The molecule has 1 aromatic heterocycles. The standard InChI is InChI=1S/C24H27BrN4O4/c1-4-22(29-10-6-9-19(29)24(30)32-3)33-21-12-17-18(13-20(21)31-2)26-14-27-23(17)28-16-8-5-7-15(25)11-16/h5,7-8,11-14,19,22H,4,6,9-10H2,1-3H3,(H,26,27,28). The van der Waals surface area contributed by atoms with E-state index in [1.54, 1.807) is 7.11 Å². The molecule has 0 amide bonds. The maximum atomic E-state index is 12.3. The summed E-state index contributed by atoms with van der Waals surface area (Å²) in [6.07, 6.45) is 3.60. The van der Waals surface area contributed by atoms with Crippen LogP contribution < -0.4 is 14.8 Å². The Morgan fingerprint density at radius 3 is 2.82 bits per heavy atom. The number of likely N-dealkylation sites (tertiary alicyclic amines) is 1. The minimum Gasteiger partial charge on any atom is -0.493 e. The van der Waals surface area contributed by atoms with Crippen LogP contribution in [-0.4, -0.2) is 53.9 Å². The lowest BCUT2D eigenvalue weighted by Gasteiger charge is -2.31. The maximum Gasteiger partial charge on any atom is 0.323 e. The Morgan fingerprint density at radius 1 is 1.24 bits per heavy atom. The molecule has 0 bridgehead atoms. The number of rotatable bonds is 8. The molecule has 0 saturated carbocycles. The van der Waals surface area contributed by atoms with Crippen molar-refractivity contribution in [3.63, 3.8) is 0 Å². The quantitative estimate of drug-likeness (QED) is 0.425. The van der Waals surface area contributed by atoms with Gasteiger partial charge in [0.15, 0.2) is 17.7 Å². The van der Waals surface area contributed by atoms with Crippen molar-refractivity contribution in [1.29, 1.82) is 0 Å². The van der Waals surface area contributed by atoms with Gasteiger partial charge in [0.05, 0.1) is 19.7 Å². The molecular formula is C24H27BrN4O4. The van der Waals surface area contributed by atoms with Gasteiger partial charge in [0.25, 0.3) is 0 Å². The Labute approximate surface area is 201 Å². The summed E-state index contributed by atoms with van der Waals surface area (Å²) in [7, 11) is 3.02. The molecule has 3 aromatic rings. The molecule has 0 radical (unpaired) electrons. The van der Waals surface area contributed by atoms with E-state index in [0.29, 0.717) is 23.7 Å². The Hall–Kier alpha value is -2.91. The second-order valence-electron chi connectivity index (χ2n) is 7.78. The minimum atomic E-state index is -0.302. The molecule has 1 fully saturated rings. The lowest BCUT2D eigenvalue weighted by Crippen LogP contribution is -2.46. The first kappa shape index (κ1) is 23.3. The molecule has 2 aromatic carbocycles. The van der Waals surface area contributed by atoms with Crippen LogP contribution in [0.15, 0.2) is 47.2 Å². The van der Waals surface area contributed by atoms with Crippen molar-refractivity contribution in [2.75, 3.05) is 26.1 Å². The summed E-state index contributed by atoms with van der Waals surface area (Å²) in [5, 5.41) is 4.16. The van der Waals surface area contributed by atoms with Gasteiger partial charge in [-0.1, -0.05) is 28.9 Å². The largest absolute Gasteiger partial charge is 0.493 e. The molecule has 174 valence electrons. The van der Waals surface area contributed by atoms with Crippen LogP contribution in [0.5, 0.6) is 11.5 Å². The molecule has 1 aliphatic heterocycles. The number of benzene rings is 2. The number of carbonyl (C=O) groups is 1. The first-order chi connectivity index (χ1) is 16.0. The van der Waals surface area contributed by atoms with Gasteiger partial charge in [-0.05, 0) is 43.5 Å². The van der Waals surface area contributed by atoms with Crippen molar-refractivity contribution >= 4 is 44.3 Å². The minimum absolute atomic E-state index is 0.228. The zero-order valence-electron chi connectivity index (χ0n) is 18.9. The summed E-state index contributed by atoms with van der Waals surface area (Å²) in [5.74, 6) is 1.57. The van der Waals surface area contributed by atoms with E-state index >= 15 is 0 Å². The fraction of sp³-hybridized carbons (Fsp3) is 0.375. The Kier molecular flexibility index (Phi) is 7.29. The molecule has 8 nitrogen and oxygen atoms in total. The van der Waals surface area contributed by atoms with Crippen LogP contribution >= 0.6 is 15.9 Å². The van der Waals surface area contributed by atoms with Gasteiger partial charge in [0, 0.05) is 28.2 Å². The summed E-state index contributed by atoms with van der Waals surface area (Å²) in [6, 6.07) is 11.3. The third-order valence-electron chi connectivity index (χ3n) is 5.76. The zero-order chi connectivity index (χ0) is 23.4. The lowest BCUT2D eigenvalue weighted by molar-refractivity contribution is -0.149. The van der Waals surface area contributed by atoms with Crippen molar-refractivity contribution in [3.8, 4) is 11.5 Å². The van der Waals surface area contributed by atoms with E-state index in [0.717, 1.165) is 40.4 Å². The summed E-state index contributed by atoms with van der Waals surface area (Å²) < 4.78 is 18.0. The predicted molar refractivity (Wildman–Crippen MR) is 130 cm³/mol. The number of aromatic nitrogens is 2. The van der Waals surface area contributed by atoms with Gasteiger partial charge >= 0.3 is 5.97 Å². The lowest BCUT2D eigenvalue weighted by atomic mass is 10.2. The fourth-order valence-electron chi connectivity index (χ4n) is 4.17. The highest BCUT2D eigenvalue weighted by atomic mass is 79.9. The number of carbonyl (C=O) groups excluding carboxylic acids is 1. The third-order valence-corrected chi connectivity index (χ3v) is 6.25. The Balaban J connectivity index is 1.68. The second kappa shape index (κ2) is 10.4. The monoisotopic (exact) mass is 514 g/mol. The average Bonchev–Trinajstić information content (AvgIpc) is 3.31. The van der Waals surface area contributed by atoms with E-state index in [2.05, 4.69) is 36.1 Å². The Bertz CT molecular complexity index is 1140. The van der Waals surface area contributed by atoms with Crippen LogP contribution in [-0.2, 0) is 9.53 Å². The van der Waals surface area contributed by atoms with Gasteiger partial charge in [0.2, 0.25) is 0 Å². The predicted octanol–water partition coefficient (Wildman–Crippen LogP) is 4.90. The van der Waals surface area contributed by atoms with Crippen molar-refractivity contribution in [2.45, 2.75) is 38.5 Å². The molecule has 0 aliphatic carbocycles. The van der Waals surface area contributed by atoms with Crippen molar-refractivity contribution in [2.24, 2.45) is 0 Å². The van der Waals surface area contributed by atoms with Crippen LogP contribution in [0.25, 0.3) is 10.9 Å². The zero-order valence-corrected chi connectivity index (χ0v) is 20.5. The highest BCUT2D eigenvalue weighted by molar-refractivity contribution is 9.10. The number of hydrogen-bond donors (Lipinski definition) is 1. The molecule has 2 atom stereocenters. The van der Waals surface area contributed by atoms with E-state index in [1.807, 2.05) is 43.3 Å². The van der Waals surface area contributed by atoms with Crippen LogP contribution in [0.3, 0.4) is 0 Å². The number of ether oxygens (including phenoxy) is 3. The van der Waals surface area contributed by atoms with Gasteiger partial charge < -0.3 is 19.5 Å². The summed E-state index contributed by atoms with van der Waals surface area (Å²) in [5.41, 5.74) is 1.63. The van der Waals surface area contributed by atoms with E-state index < -0.39 is 0 Å². The molecule has 1 aliphatic rings. The normalized spacial score (nSPS) is 17.0. The van der Waals surface area contributed by atoms with Crippen LogP contribution in [0.1, 0.15) is 26.2 Å². The average molecular weight is 515 g/mol. The van der Waals surface area contributed by atoms with Crippen LogP contribution in [0.2, 0.25) is 0 Å². The fourth-order valence-corrected chi connectivity index (χ4v) is 4.57. The first-order valence-corrected chi connectivity index (χ1v) is 11.7. The number of methoxy groups -OCH3 is 2. The Morgan fingerprint density at radius 2 is 2.09 bits per heavy atom. The van der Waals surface area contributed by atoms with Gasteiger partial charge in [0.1, 0.15) is 18.2 Å². The molecule has 33 heavy (non-hydrogen) atoms. The van der Waals surface area contributed by atoms with E-state index in [4.69, 9.17) is 14.2 Å².